The van der Waals surface area contributed by atoms with Crippen molar-refractivity contribution in [3.05, 3.63) is 71.8 Å². The molecule has 0 heterocycles. The van der Waals surface area contributed by atoms with E-state index in [-0.39, 0.29) is 21.8 Å². The average Bonchev–Trinajstić information content (AvgIpc) is 2.74. The number of hydrogen-bond acceptors (Lipinski definition) is 7. The van der Waals surface area contributed by atoms with Gasteiger partial charge in [-0.1, -0.05) is 24.3 Å². The molecule has 10 heteroatoms. The standard InChI is InChI=1S/C23H28NO7PS/c1-16(2)30-32(26,31-17(3)4)23(15-14-22(25)20-8-6-7-9-21(20)23)24-33(27,28)19-12-10-18(29-5)11-13-19/h6-17,24H,1-5H3. The van der Waals surface area contributed by atoms with E-state index in [1.54, 1.807) is 52.0 Å². The van der Waals surface area contributed by atoms with Gasteiger partial charge in [-0.3, -0.25) is 9.36 Å². The van der Waals surface area contributed by atoms with Crippen molar-refractivity contribution in [3.8, 4) is 5.75 Å². The summed E-state index contributed by atoms with van der Waals surface area (Å²) in [5.74, 6) is 0.139. The van der Waals surface area contributed by atoms with Gasteiger partial charge in [-0.25, -0.2) is 8.42 Å². The quantitative estimate of drug-likeness (QED) is 0.508. The molecule has 2 aromatic carbocycles. The Labute approximate surface area is 194 Å². The second-order valence-corrected chi connectivity index (χ2v) is 11.9. The number of benzene rings is 2. The fourth-order valence-electron chi connectivity index (χ4n) is 3.55. The number of rotatable bonds is 9. The van der Waals surface area contributed by atoms with Crippen molar-refractivity contribution in [1.29, 1.82) is 0 Å². The highest BCUT2D eigenvalue weighted by molar-refractivity contribution is 7.90. The highest BCUT2D eigenvalue weighted by Crippen LogP contribution is 2.67. The molecule has 0 fully saturated rings. The SMILES string of the molecule is COc1ccc(S(=O)(=O)NC2(P(=O)(OC(C)C)OC(C)C)C=CC(=O)c3ccccc32)cc1. The third-order valence-corrected chi connectivity index (χ3v) is 9.27. The number of nitrogens with one attached hydrogen (secondary N) is 1. The van der Waals surface area contributed by atoms with Gasteiger partial charge in [0.05, 0.1) is 24.2 Å². The van der Waals surface area contributed by atoms with E-state index in [0.717, 1.165) is 0 Å². The molecular weight excluding hydrogens is 465 g/mol. The minimum absolute atomic E-state index is 0.0777. The van der Waals surface area contributed by atoms with Crippen LogP contribution >= 0.6 is 7.60 Å². The van der Waals surface area contributed by atoms with E-state index >= 15 is 0 Å². The maximum atomic E-state index is 14.4. The van der Waals surface area contributed by atoms with Crippen LogP contribution in [0.25, 0.3) is 0 Å². The van der Waals surface area contributed by atoms with Gasteiger partial charge in [0.25, 0.3) is 0 Å². The van der Waals surface area contributed by atoms with Gasteiger partial charge in [0.1, 0.15) is 5.75 Å². The van der Waals surface area contributed by atoms with Gasteiger partial charge < -0.3 is 13.8 Å². The molecule has 1 unspecified atom stereocenters. The second kappa shape index (κ2) is 9.52. The third-order valence-electron chi connectivity index (χ3n) is 4.87. The topological polar surface area (TPSA) is 108 Å². The van der Waals surface area contributed by atoms with Gasteiger partial charge in [0.15, 0.2) is 11.1 Å². The number of ether oxygens (including phenoxy) is 1. The lowest BCUT2D eigenvalue weighted by molar-refractivity contribution is 0.103. The van der Waals surface area contributed by atoms with E-state index in [4.69, 9.17) is 13.8 Å². The summed E-state index contributed by atoms with van der Waals surface area (Å²) in [5, 5.41) is -1.97. The summed E-state index contributed by atoms with van der Waals surface area (Å²) in [6.45, 7) is 6.69. The highest BCUT2D eigenvalue weighted by Gasteiger charge is 2.57. The van der Waals surface area contributed by atoms with Crippen molar-refractivity contribution in [3.63, 3.8) is 0 Å². The molecule has 33 heavy (non-hydrogen) atoms. The molecule has 0 aliphatic heterocycles. The Morgan fingerprint density at radius 2 is 1.52 bits per heavy atom. The van der Waals surface area contributed by atoms with Crippen molar-refractivity contribution in [2.24, 2.45) is 0 Å². The molecule has 1 atom stereocenters. The average molecular weight is 494 g/mol. The first kappa shape index (κ1) is 25.3. The lowest BCUT2D eigenvalue weighted by Crippen LogP contribution is -2.47. The lowest BCUT2D eigenvalue weighted by atomic mass is 9.92. The zero-order chi connectivity index (χ0) is 24.4. The van der Waals surface area contributed by atoms with E-state index in [1.807, 2.05) is 0 Å². The first-order valence-corrected chi connectivity index (χ1v) is 13.4. The number of ketones is 1. The van der Waals surface area contributed by atoms with Crippen molar-refractivity contribution >= 4 is 23.4 Å². The summed E-state index contributed by atoms with van der Waals surface area (Å²) < 4.78 is 60.8. The molecule has 1 aliphatic carbocycles. The minimum Gasteiger partial charge on any atom is -0.497 e. The molecule has 2 aromatic rings. The van der Waals surface area contributed by atoms with Crippen molar-refractivity contribution in [1.82, 2.24) is 4.72 Å². The van der Waals surface area contributed by atoms with Gasteiger partial charge in [0, 0.05) is 11.1 Å². The van der Waals surface area contributed by atoms with Crippen LogP contribution in [-0.4, -0.2) is 33.5 Å². The van der Waals surface area contributed by atoms with Gasteiger partial charge in [-0.2, -0.15) is 4.72 Å². The molecule has 0 saturated heterocycles. The Balaban J connectivity index is 2.27. The largest absolute Gasteiger partial charge is 0.497 e. The molecule has 1 N–H and O–H groups in total. The summed E-state index contributed by atoms with van der Waals surface area (Å²) in [5.41, 5.74) is 0.400. The molecule has 0 amide bonds. The Bertz CT molecular complexity index is 1190. The van der Waals surface area contributed by atoms with E-state index in [0.29, 0.717) is 5.75 Å². The molecule has 0 spiro atoms. The van der Waals surface area contributed by atoms with Gasteiger partial charge in [-0.15, -0.1) is 0 Å². The highest BCUT2D eigenvalue weighted by atomic mass is 32.2. The zero-order valence-electron chi connectivity index (χ0n) is 19.1. The molecule has 0 saturated carbocycles. The maximum Gasteiger partial charge on any atom is 0.360 e. The first-order chi connectivity index (χ1) is 15.4. The van der Waals surface area contributed by atoms with Crippen molar-refractivity contribution in [2.75, 3.05) is 7.11 Å². The molecule has 0 radical (unpaired) electrons. The van der Waals surface area contributed by atoms with E-state index < -0.39 is 35.1 Å². The number of sulfonamides is 1. The van der Waals surface area contributed by atoms with Crippen LogP contribution in [0.2, 0.25) is 0 Å². The monoisotopic (exact) mass is 493 g/mol. The van der Waals surface area contributed by atoms with Crippen LogP contribution in [0.4, 0.5) is 0 Å². The predicted molar refractivity (Wildman–Crippen MR) is 125 cm³/mol. The Hall–Kier alpha value is -2.29. The van der Waals surface area contributed by atoms with Crippen LogP contribution in [0.5, 0.6) is 5.75 Å². The molecule has 3 rings (SSSR count). The molecule has 1 aliphatic rings. The summed E-state index contributed by atoms with van der Waals surface area (Å²) in [6.07, 6.45) is 1.34. The van der Waals surface area contributed by atoms with E-state index in [2.05, 4.69) is 4.72 Å². The summed E-state index contributed by atoms with van der Waals surface area (Å²) in [6, 6.07) is 12.1. The molecule has 8 nitrogen and oxygen atoms in total. The Kier molecular flexibility index (Phi) is 7.31. The fraction of sp³-hybridized carbons (Fsp3) is 0.348. The van der Waals surface area contributed by atoms with Crippen LogP contribution in [0.3, 0.4) is 0 Å². The van der Waals surface area contributed by atoms with Crippen LogP contribution in [-0.2, 0) is 28.9 Å². The predicted octanol–water partition coefficient (Wildman–Crippen LogP) is 4.62. The van der Waals surface area contributed by atoms with Crippen molar-refractivity contribution in [2.45, 2.75) is 50.1 Å². The molecule has 0 aromatic heterocycles. The number of allylic oxidation sites excluding steroid dienone is 1. The third kappa shape index (κ3) is 4.98. The molecule has 0 bridgehead atoms. The number of methoxy groups -OCH3 is 1. The fourth-order valence-corrected chi connectivity index (χ4v) is 7.80. The number of carbonyl (C=O) groups is 1. The Morgan fingerprint density at radius 1 is 0.939 bits per heavy atom. The normalized spacial score (nSPS) is 18.6. The van der Waals surface area contributed by atoms with Gasteiger partial charge >= 0.3 is 7.60 Å². The van der Waals surface area contributed by atoms with Crippen LogP contribution < -0.4 is 9.46 Å². The molecular formula is C23H28NO7PS. The summed E-state index contributed by atoms with van der Waals surface area (Å²) in [7, 11) is -7.07. The maximum absolute atomic E-state index is 14.4. The van der Waals surface area contributed by atoms with Crippen LogP contribution in [0.1, 0.15) is 43.6 Å². The van der Waals surface area contributed by atoms with E-state index in [1.165, 1.54) is 43.5 Å². The number of carbonyl (C=O) groups excluding carboxylic acids is 1. The first-order valence-electron chi connectivity index (χ1n) is 10.4. The lowest BCUT2D eigenvalue weighted by Gasteiger charge is -2.41. The van der Waals surface area contributed by atoms with Crippen LogP contribution in [0, 0.1) is 0 Å². The summed E-state index contributed by atoms with van der Waals surface area (Å²) in [4.78, 5) is 12.5. The minimum atomic E-state index is -4.28. The van der Waals surface area contributed by atoms with Crippen LogP contribution in [0.15, 0.2) is 65.6 Å². The smallest absolute Gasteiger partial charge is 0.360 e. The Morgan fingerprint density at radius 3 is 2.06 bits per heavy atom. The molecule has 178 valence electrons. The number of hydrogen-bond donors (Lipinski definition) is 1. The van der Waals surface area contributed by atoms with E-state index in [9.17, 15) is 17.8 Å². The van der Waals surface area contributed by atoms with Gasteiger partial charge in [-0.05, 0) is 64.1 Å². The second-order valence-electron chi connectivity index (χ2n) is 8.10. The van der Waals surface area contributed by atoms with Gasteiger partial charge in [0.2, 0.25) is 10.0 Å². The number of fused-ring (bicyclic) bond motifs is 1. The summed E-state index contributed by atoms with van der Waals surface area (Å²) >= 11 is 0. The van der Waals surface area contributed by atoms with Crippen molar-refractivity contribution < 1.29 is 31.6 Å². The zero-order valence-corrected chi connectivity index (χ0v) is 20.9.